The van der Waals surface area contributed by atoms with Crippen LogP contribution in [0.2, 0.25) is 0 Å². The molecule has 0 saturated carbocycles. The summed E-state index contributed by atoms with van der Waals surface area (Å²) in [6.07, 6.45) is 4.03. The molecule has 0 bridgehead atoms. The molecule has 0 aliphatic rings. The average molecular weight is 256 g/mol. The summed E-state index contributed by atoms with van der Waals surface area (Å²) < 4.78 is 5.32. The van der Waals surface area contributed by atoms with E-state index in [4.69, 9.17) is 4.42 Å². The van der Waals surface area contributed by atoms with E-state index in [0.29, 0.717) is 12.0 Å². The molecular formula is C15H16N2O2. The van der Waals surface area contributed by atoms with E-state index >= 15 is 0 Å². The second-order valence-electron chi connectivity index (χ2n) is 4.06. The average Bonchev–Trinajstić information content (AvgIpc) is 2.98. The molecule has 98 valence electrons. The van der Waals surface area contributed by atoms with Crippen molar-refractivity contribution >= 4 is 5.91 Å². The van der Waals surface area contributed by atoms with E-state index in [1.54, 1.807) is 24.5 Å². The number of rotatable bonds is 6. The minimum absolute atomic E-state index is 0.125. The van der Waals surface area contributed by atoms with Crippen molar-refractivity contribution in [2.45, 2.75) is 12.5 Å². The zero-order valence-electron chi connectivity index (χ0n) is 10.5. The van der Waals surface area contributed by atoms with Crippen LogP contribution < -0.4 is 10.9 Å². The molecule has 1 amide bonds. The lowest BCUT2D eigenvalue weighted by Crippen LogP contribution is -2.39. The molecule has 1 aromatic heterocycles. The van der Waals surface area contributed by atoms with Crippen LogP contribution in [0.3, 0.4) is 0 Å². The second kappa shape index (κ2) is 6.56. The van der Waals surface area contributed by atoms with Gasteiger partial charge in [-0.15, -0.1) is 6.58 Å². The van der Waals surface area contributed by atoms with Crippen molar-refractivity contribution in [3.05, 3.63) is 72.7 Å². The summed E-state index contributed by atoms with van der Waals surface area (Å²) in [4.78, 5) is 11.9. The van der Waals surface area contributed by atoms with Gasteiger partial charge in [0.15, 0.2) is 0 Å². The van der Waals surface area contributed by atoms with Crippen molar-refractivity contribution in [1.29, 1.82) is 0 Å². The highest BCUT2D eigenvalue weighted by atomic mass is 16.3. The van der Waals surface area contributed by atoms with Gasteiger partial charge in [0.1, 0.15) is 5.76 Å². The fraction of sp³-hybridized carbons (Fsp3) is 0.133. The number of carbonyl (C=O) groups is 1. The molecule has 1 aromatic carbocycles. The number of furan rings is 1. The first-order chi connectivity index (χ1) is 9.31. The van der Waals surface area contributed by atoms with Gasteiger partial charge >= 0.3 is 0 Å². The molecule has 0 spiro atoms. The van der Waals surface area contributed by atoms with Gasteiger partial charge in [0.25, 0.3) is 5.91 Å². The number of hydrazine groups is 1. The third-order valence-electron chi connectivity index (χ3n) is 2.68. The van der Waals surface area contributed by atoms with Crippen LogP contribution in [0.15, 0.2) is 65.8 Å². The minimum atomic E-state index is -0.179. The summed E-state index contributed by atoms with van der Waals surface area (Å²) in [5, 5.41) is 0. The predicted molar refractivity (Wildman–Crippen MR) is 73.3 cm³/mol. The van der Waals surface area contributed by atoms with Gasteiger partial charge in [-0.05, 0) is 30.7 Å². The first-order valence-electron chi connectivity index (χ1n) is 6.06. The maximum atomic E-state index is 11.9. The first kappa shape index (κ1) is 13.1. The van der Waals surface area contributed by atoms with Crippen molar-refractivity contribution in [1.82, 2.24) is 10.9 Å². The van der Waals surface area contributed by atoms with Crippen LogP contribution >= 0.6 is 0 Å². The molecule has 0 radical (unpaired) electrons. The molecule has 2 aromatic rings. The number of benzene rings is 1. The summed E-state index contributed by atoms with van der Waals surface area (Å²) in [5.41, 5.74) is 6.24. The second-order valence-corrected chi connectivity index (χ2v) is 4.06. The molecule has 4 heteroatoms. The minimum Gasteiger partial charge on any atom is -0.468 e. The van der Waals surface area contributed by atoms with Crippen LogP contribution in [0.4, 0.5) is 0 Å². The number of amides is 1. The summed E-state index contributed by atoms with van der Waals surface area (Å²) in [7, 11) is 0. The van der Waals surface area contributed by atoms with Crippen LogP contribution in [0, 0.1) is 0 Å². The van der Waals surface area contributed by atoms with Gasteiger partial charge in [-0.2, -0.15) is 0 Å². The summed E-state index contributed by atoms with van der Waals surface area (Å²) >= 11 is 0. The number of hydrogen-bond donors (Lipinski definition) is 2. The van der Waals surface area contributed by atoms with Crippen LogP contribution in [0.1, 0.15) is 28.6 Å². The summed E-state index contributed by atoms with van der Waals surface area (Å²) in [6, 6.07) is 12.6. The van der Waals surface area contributed by atoms with Gasteiger partial charge < -0.3 is 4.42 Å². The van der Waals surface area contributed by atoms with Crippen LogP contribution in [-0.2, 0) is 0 Å². The maximum Gasteiger partial charge on any atom is 0.265 e. The lowest BCUT2D eigenvalue weighted by molar-refractivity contribution is 0.0923. The zero-order valence-corrected chi connectivity index (χ0v) is 10.5. The molecule has 4 nitrogen and oxygen atoms in total. The fourth-order valence-electron chi connectivity index (χ4n) is 1.72. The molecule has 0 unspecified atom stereocenters. The Hall–Kier alpha value is -2.33. The van der Waals surface area contributed by atoms with Gasteiger partial charge in [-0.3, -0.25) is 10.2 Å². The normalized spacial score (nSPS) is 11.8. The van der Waals surface area contributed by atoms with Gasteiger partial charge in [0, 0.05) is 5.56 Å². The molecule has 1 heterocycles. The molecule has 19 heavy (non-hydrogen) atoms. The topological polar surface area (TPSA) is 54.3 Å². The van der Waals surface area contributed by atoms with Crippen molar-refractivity contribution in [2.75, 3.05) is 0 Å². The van der Waals surface area contributed by atoms with E-state index in [2.05, 4.69) is 17.4 Å². The van der Waals surface area contributed by atoms with Gasteiger partial charge in [-0.25, -0.2) is 5.43 Å². The summed E-state index contributed by atoms with van der Waals surface area (Å²) in [6.45, 7) is 3.70. The van der Waals surface area contributed by atoms with Crippen molar-refractivity contribution < 1.29 is 9.21 Å². The molecule has 1 atom stereocenters. The monoisotopic (exact) mass is 256 g/mol. The molecule has 0 aliphatic heterocycles. The number of hydrogen-bond acceptors (Lipinski definition) is 3. The Morgan fingerprint density at radius 2 is 2.05 bits per heavy atom. The Morgan fingerprint density at radius 3 is 2.68 bits per heavy atom. The molecule has 2 N–H and O–H groups in total. The van der Waals surface area contributed by atoms with Crippen LogP contribution in [0.25, 0.3) is 0 Å². The van der Waals surface area contributed by atoms with Crippen LogP contribution in [0.5, 0.6) is 0 Å². The zero-order chi connectivity index (χ0) is 13.5. The number of carbonyl (C=O) groups excluding carboxylic acids is 1. The van der Waals surface area contributed by atoms with Gasteiger partial charge in [0.05, 0.1) is 12.3 Å². The van der Waals surface area contributed by atoms with Crippen molar-refractivity contribution in [3.63, 3.8) is 0 Å². The first-order valence-corrected chi connectivity index (χ1v) is 6.06. The van der Waals surface area contributed by atoms with Gasteiger partial charge in [-0.1, -0.05) is 24.3 Å². The molecule has 0 saturated heterocycles. The predicted octanol–water partition coefficient (Wildman–Crippen LogP) is 2.83. The molecule has 0 aliphatic carbocycles. The third kappa shape index (κ3) is 3.56. The van der Waals surface area contributed by atoms with E-state index in [0.717, 1.165) is 5.76 Å². The van der Waals surface area contributed by atoms with Crippen molar-refractivity contribution in [2.24, 2.45) is 0 Å². The lowest BCUT2D eigenvalue weighted by Gasteiger charge is -2.15. The SMILES string of the molecule is C=CC[C@H](NNC(=O)c1ccccc1)c1ccco1. The smallest absolute Gasteiger partial charge is 0.265 e. The number of nitrogens with one attached hydrogen (secondary N) is 2. The highest BCUT2D eigenvalue weighted by Gasteiger charge is 2.13. The Bertz CT molecular complexity index is 520. The van der Waals surface area contributed by atoms with E-state index in [9.17, 15) is 4.79 Å². The Kier molecular flexibility index (Phi) is 4.53. The van der Waals surface area contributed by atoms with Gasteiger partial charge in [0.2, 0.25) is 0 Å². The molecule has 0 fully saturated rings. The standard InChI is InChI=1S/C15H16N2O2/c1-2-7-13(14-10-6-11-19-14)16-17-15(18)12-8-4-3-5-9-12/h2-6,8-11,13,16H,1,7H2,(H,17,18)/t13-/m0/s1. The van der Waals surface area contributed by atoms with E-state index in [1.165, 1.54) is 0 Å². The van der Waals surface area contributed by atoms with Crippen molar-refractivity contribution in [3.8, 4) is 0 Å². The Morgan fingerprint density at radius 1 is 1.26 bits per heavy atom. The molecule has 2 rings (SSSR count). The Labute approximate surface area is 112 Å². The lowest BCUT2D eigenvalue weighted by atomic mass is 10.1. The largest absolute Gasteiger partial charge is 0.468 e. The maximum absolute atomic E-state index is 11.9. The molecular weight excluding hydrogens is 240 g/mol. The fourth-order valence-corrected chi connectivity index (χ4v) is 1.72. The van der Waals surface area contributed by atoms with Crippen LogP contribution in [-0.4, -0.2) is 5.91 Å². The summed E-state index contributed by atoms with van der Waals surface area (Å²) in [5.74, 6) is 0.578. The highest BCUT2D eigenvalue weighted by molar-refractivity contribution is 5.93. The van der Waals surface area contributed by atoms with E-state index in [-0.39, 0.29) is 11.9 Å². The van der Waals surface area contributed by atoms with E-state index < -0.39 is 0 Å². The Balaban J connectivity index is 1.96. The third-order valence-corrected chi connectivity index (χ3v) is 2.68. The highest BCUT2D eigenvalue weighted by Crippen LogP contribution is 2.16. The quantitative estimate of drug-likeness (QED) is 0.617. The van der Waals surface area contributed by atoms with E-state index in [1.807, 2.05) is 30.3 Å².